The number of benzene rings is 1. The molecule has 0 amide bonds. The van der Waals surface area contributed by atoms with E-state index in [0.29, 0.717) is 19.6 Å². The van der Waals surface area contributed by atoms with Crippen molar-refractivity contribution in [2.75, 3.05) is 6.61 Å². The van der Waals surface area contributed by atoms with Crippen LogP contribution in [0.25, 0.3) is 0 Å². The van der Waals surface area contributed by atoms with E-state index in [1.807, 2.05) is 13.0 Å². The highest BCUT2D eigenvalue weighted by molar-refractivity contribution is 9.10. The van der Waals surface area contributed by atoms with Gasteiger partial charge in [-0.2, -0.15) is 0 Å². The van der Waals surface area contributed by atoms with Crippen molar-refractivity contribution in [2.45, 2.75) is 32.4 Å². The molecule has 0 aromatic heterocycles. The predicted molar refractivity (Wildman–Crippen MR) is 71.9 cm³/mol. The maximum absolute atomic E-state index is 10.9. The van der Waals surface area contributed by atoms with E-state index in [-0.39, 0.29) is 0 Å². The van der Waals surface area contributed by atoms with Gasteiger partial charge in [0.2, 0.25) is 0 Å². The minimum Gasteiger partial charge on any atom is -0.493 e. The predicted octanol–water partition coefficient (Wildman–Crippen LogP) is 2.34. The van der Waals surface area contributed by atoms with E-state index in [9.17, 15) is 4.79 Å². The molecule has 1 aliphatic heterocycles. The summed E-state index contributed by atoms with van der Waals surface area (Å²) in [4.78, 5) is 10.9. The Kier molecular flexibility index (Phi) is 4.24. The summed E-state index contributed by atoms with van der Waals surface area (Å²) in [6, 6.07) is 3.52. The highest BCUT2D eigenvalue weighted by Gasteiger charge is 2.19. The number of fused-ring (bicyclic) bond motifs is 1. The molecule has 0 spiro atoms. The lowest BCUT2D eigenvalue weighted by atomic mass is 10.1. The summed E-state index contributed by atoms with van der Waals surface area (Å²) in [6.45, 7) is 3.06. The average Bonchev–Trinajstić information content (AvgIpc) is 2.77. The van der Waals surface area contributed by atoms with E-state index in [0.717, 1.165) is 22.2 Å². The molecule has 18 heavy (non-hydrogen) atoms. The number of rotatable bonds is 5. The lowest BCUT2D eigenvalue weighted by Crippen LogP contribution is -2.35. The van der Waals surface area contributed by atoms with Crippen molar-refractivity contribution in [1.29, 1.82) is 0 Å². The van der Waals surface area contributed by atoms with Crippen molar-refractivity contribution in [1.82, 2.24) is 5.32 Å². The number of hydrogen-bond donors (Lipinski definition) is 2. The molecule has 5 heteroatoms. The van der Waals surface area contributed by atoms with E-state index < -0.39 is 12.0 Å². The van der Waals surface area contributed by atoms with Gasteiger partial charge in [-0.15, -0.1) is 0 Å². The fraction of sp³-hybridized carbons (Fsp3) is 0.462. The second-order valence-electron chi connectivity index (χ2n) is 4.33. The maximum atomic E-state index is 10.9. The van der Waals surface area contributed by atoms with Crippen LogP contribution >= 0.6 is 15.9 Å². The van der Waals surface area contributed by atoms with Gasteiger partial charge in [0, 0.05) is 23.0 Å². The summed E-state index contributed by atoms with van der Waals surface area (Å²) in [6.07, 6.45) is 1.48. The summed E-state index contributed by atoms with van der Waals surface area (Å²) < 4.78 is 6.61. The molecule has 0 saturated heterocycles. The molecule has 1 unspecified atom stereocenters. The zero-order valence-corrected chi connectivity index (χ0v) is 11.8. The lowest BCUT2D eigenvalue weighted by Gasteiger charge is -2.14. The number of ether oxygens (including phenoxy) is 1. The first-order chi connectivity index (χ1) is 8.61. The Bertz CT molecular complexity index is 462. The largest absolute Gasteiger partial charge is 0.493 e. The van der Waals surface area contributed by atoms with E-state index in [2.05, 4.69) is 27.3 Å². The van der Waals surface area contributed by atoms with Gasteiger partial charge in [-0.1, -0.05) is 22.9 Å². The highest BCUT2D eigenvalue weighted by Crippen LogP contribution is 2.32. The van der Waals surface area contributed by atoms with Crippen molar-refractivity contribution in [3.05, 3.63) is 27.7 Å². The quantitative estimate of drug-likeness (QED) is 0.876. The topological polar surface area (TPSA) is 58.6 Å². The summed E-state index contributed by atoms with van der Waals surface area (Å²) in [7, 11) is 0. The van der Waals surface area contributed by atoms with Crippen LogP contribution in [0.3, 0.4) is 0 Å². The summed E-state index contributed by atoms with van der Waals surface area (Å²) >= 11 is 3.47. The van der Waals surface area contributed by atoms with Gasteiger partial charge in [-0.05, 0) is 24.1 Å². The number of aliphatic carboxylic acids is 1. The van der Waals surface area contributed by atoms with Gasteiger partial charge in [0.1, 0.15) is 11.8 Å². The zero-order valence-electron chi connectivity index (χ0n) is 10.2. The Morgan fingerprint density at radius 1 is 1.61 bits per heavy atom. The third-order valence-electron chi connectivity index (χ3n) is 3.07. The molecule has 4 nitrogen and oxygen atoms in total. The van der Waals surface area contributed by atoms with Crippen LogP contribution < -0.4 is 10.1 Å². The Labute approximate surface area is 114 Å². The molecule has 2 rings (SSSR count). The van der Waals surface area contributed by atoms with Crippen molar-refractivity contribution < 1.29 is 14.6 Å². The number of carboxylic acid groups (broad SMARTS) is 1. The van der Waals surface area contributed by atoms with Gasteiger partial charge in [0.15, 0.2) is 0 Å². The molecule has 1 aromatic rings. The van der Waals surface area contributed by atoms with E-state index in [4.69, 9.17) is 9.84 Å². The van der Waals surface area contributed by atoms with Crippen LogP contribution in [0.5, 0.6) is 5.75 Å². The van der Waals surface area contributed by atoms with Crippen molar-refractivity contribution in [3.8, 4) is 5.75 Å². The van der Waals surface area contributed by atoms with Gasteiger partial charge >= 0.3 is 5.97 Å². The average molecular weight is 314 g/mol. The van der Waals surface area contributed by atoms with Gasteiger partial charge in [-0.3, -0.25) is 4.79 Å². The smallest absolute Gasteiger partial charge is 0.320 e. The first-order valence-corrected chi connectivity index (χ1v) is 6.81. The van der Waals surface area contributed by atoms with Crippen molar-refractivity contribution in [2.24, 2.45) is 0 Å². The molecule has 0 fully saturated rings. The minimum atomic E-state index is -0.815. The monoisotopic (exact) mass is 313 g/mol. The van der Waals surface area contributed by atoms with E-state index in [1.165, 1.54) is 5.56 Å². The van der Waals surface area contributed by atoms with Crippen LogP contribution in [0, 0.1) is 0 Å². The minimum absolute atomic E-state index is 0.507. The van der Waals surface area contributed by atoms with Crippen LogP contribution in [0.4, 0.5) is 0 Å². The Morgan fingerprint density at radius 3 is 3.06 bits per heavy atom. The van der Waals surface area contributed by atoms with Gasteiger partial charge in [0.25, 0.3) is 0 Å². The summed E-state index contributed by atoms with van der Waals surface area (Å²) in [5.74, 6) is 0.0935. The molecule has 0 aliphatic carbocycles. The number of nitrogens with one attached hydrogen (secondary N) is 1. The number of hydrogen-bond acceptors (Lipinski definition) is 3. The Hall–Kier alpha value is -1.07. The first kappa shape index (κ1) is 13.4. The molecule has 1 aromatic carbocycles. The molecule has 1 aliphatic rings. The Morgan fingerprint density at radius 2 is 2.39 bits per heavy atom. The number of halogens is 1. The SMILES string of the molecule is CCC(NCc1cc(Br)cc2c1OCC2)C(=O)O. The van der Waals surface area contributed by atoms with Crippen LogP contribution in [0.2, 0.25) is 0 Å². The van der Waals surface area contributed by atoms with Gasteiger partial charge in [0.05, 0.1) is 6.61 Å². The van der Waals surface area contributed by atoms with E-state index >= 15 is 0 Å². The zero-order chi connectivity index (χ0) is 13.1. The second kappa shape index (κ2) is 5.71. The molecule has 98 valence electrons. The first-order valence-electron chi connectivity index (χ1n) is 6.02. The molecular formula is C13H16BrNO3. The molecule has 0 radical (unpaired) electrons. The third kappa shape index (κ3) is 2.84. The summed E-state index contributed by atoms with van der Waals surface area (Å²) in [5.41, 5.74) is 2.20. The van der Waals surface area contributed by atoms with Crippen molar-refractivity contribution in [3.63, 3.8) is 0 Å². The van der Waals surface area contributed by atoms with Gasteiger partial charge in [-0.25, -0.2) is 0 Å². The number of carbonyl (C=O) groups is 1. The van der Waals surface area contributed by atoms with Crippen LogP contribution in [0.1, 0.15) is 24.5 Å². The van der Waals surface area contributed by atoms with Crippen LogP contribution in [0.15, 0.2) is 16.6 Å². The summed E-state index contributed by atoms with van der Waals surface area (Å²) in [5, 5.41) is 12.0. The normalized spacial score (nSPS) is 15.0. The molecular weight excluding hydrogens is 298 g/mol. The van der Waals surface area contributed by atoms with Gasteiger partial charge < -0.3 is 15.2 Å². The third-order valence-corrected chi connectivity index (χ3v) is 3.53. The molecule has 1 atom stereocenters. The number of carboxylic acids is 1. The molecule has 0 saturated carbocycles. The molecule has 2 N–H and O–H groups in total. The van der Waals surface area contributed by atoms with E-state index in [1.54, 1.807) is 0 Å². The van der Waals surface area contributed by atoms with Crippen molar-refractivity contribution >= 4 is 21.9 Å². The standard InChI is InChI=1S/C13H16BrNO3/c1-2-11(13(16)17)15-7-9-6-10(14)5-8-3-4-18-12(8)9/h5-6,11,15H,2-4,7H2,1H3,(H,16,17). The van der Waals surface area contributed by atoms with Crippen LogP contribution in [-0.4, -0.2) is 23.7 Å². The fourth-order valence-corrected chi connectivity index (χ4v) is 2.67. The molecule has 0 bridgehead atoms. The maximum Gasteiger partial charge on any atom is 0.320 e. The highest BCUT2D eigenvalue weighted by atomic mass is 79.9. The second-order valence-corrected chi connectivity index (χ2v) is 5.25. The lowest BCUT2D eigenvalue weighted by molar-refractivity contribution is -0.139. The van der Waals surface area contributed by atoms with Crippen LogP contribution in [-0.2, 0) is 17.8 Å². The molecule has 1 heterocycles. The fourth-order valence-electron chi connectivity index (χ4n) is 2.12. The Balaban J connectivity index is 2.12.